The highest BCUT2D eigenvalue weighted by Crippen LogP contribution is 2.24. The molecule has 0 spiro atoms. The molecule has 0 aliphatic carbocycles. The molecule has 1 fully saturated rings. The number of halogens is 1. The van der Waals surface area contributed by atoms with E-state index in [0.29, 0.717) is 11.4 Å². The maximum atomic E-state index is 13.3. The monoisotopic (exact) mass is 265 g/mol. The lowest BCUT2D eigenvalue weighted by Crippen LogP contribution is -2.43. The average Bonchev–Trinajstić information content (AvgIpc) is 2.46. The summed E-state index contributed by atoms with van der Waals surface area (Å²) >= 11 is 0. The normalized spacial score (nSPS) is 19.3. The third-order valence-corrected chi connectivity index (χ3v) is 3.68. The van der Waals surface area contributed by atoms with Gasteiger partial charge in [-0.3, -0.25) is 4.79 Å². The topological polar surface area (TPSA) is 45.2 Å². The first-order valence-electron chi connectivity index (χ1n) is 6.81. The zero-order chi connectivity index (χ0) is 13.8. The van der Waals surface area contributed by atoms with Crippen LogP contribution in [0, 0.1) is 5.82 Å². The SMILES string of the molecule is CCC1CCCCN1C(=O)c1cc(F)cnc1NC. The molecule has 1 aliphatic heterocycles. The van der Waals surface area contributed by atoms with Crippen molar-refractivity contribution in [2.24, 2.45) is 0 Å². The molecule has 1 unspecified atom stereocenters. The number of likely N-dealkylation sites (tertiary alicyclic amines) is 1. The molecule has 0 radical (unpaired) electrons. The van der Waals surface area contributed by atoms with Gasteiger partial charge in [-0.05, 0) is 31.7 Å². The molecule has 4 nitrogen and oxygen atoms in total. The highest BCUT2D eigenvalue weighted by Gasteiger charge is 2.28. The molecular formula is C14H20FN3O. The van der Waals surface area contributed by atoms with Gasteiger partial charge in [-0.25, -0.2) is 9.37 Å². The van der Waals surface area contributed by atoms with Crippen LogP contribution in [0.1, 0.15) is 43.0 Å². The number of piperidine rings is 1. The minimum Gasteiger partial charge on any atom is -0.372 e. The molecule has 0 bridgehead atoms. The first kappa shape index (κ1) is 13.8. The molecule has 104 valence electrons. The first-order chi connectivity index (χ1) is 9.17. The van der Waals surface area contributed by atoms with Crippen molar-refractivity contribution in [1.29, 1.82) is 0 Å². The molecule has 1 aromatic rings. The molecule has 1 N–H and O–H groups in total. The Morgan fingerprint density at radius 3 is 3.05 bits per heavy atom. The fourth-order valence-electron chi connectivity index (χ4n) is 2.65. The summed E-state index contributed by atoms with van der Waals surface area (Å²) in [6.45, 7) is 2.83. The van der Waals surface area contributed by atoms with Crippen molar-refractivity contribution in [1.82, 2.24) is 9.88 Å². The van der Waals surface area contributed by atoms with Gasteiger partial charge >= 0.3 is 0 Å². The number of carbonyl (C=O) groups is 1. The van der Waals surface area contributed by atoms with Gasteiger partial charge in [0.05, 0.1) is 11.8 Å². The van der Waals surface area contributed by atoms with Gasteiger partial charge in [0.15, 0.2) is 0 Å². The van der Waals surface area contributed by atoms with Crippen molar-refractivity contribution >= 4 is 11.7 Å². The second-order valence-corrected chi connectivity index (χ2v) is 4.86. The summed E-state index contributed by atoms with van der Waals surface area (Å²) in [5.41, 5.74) is 0.322. The summed E-state index contributed by atoms with van der Waals surface area (Å²) < 4.78 is 13.3. The number of hydrogen-bond acceptors (Lipinski definition) is 3. The largest absolute Gasteiger partial charge is 0.372 e. The molecule has 1 amide bonds. The van der Waals surface area contributed by atoms with E-state index in [0.717, 1.165) is 38.4 Å². The summed E-state index contributed by atoms with van der Waals surface area (Å²) in [6.07, 6.45) is 5.25. The van der Waals surface area contributed by atoms with E-state index in [1.54, 1.807) is 7.05 Å². The Labute approximate surface area is 113 Å². The van der Waals surface area contributed by atoms with Crippen LogP contribution in [-0.4, -0.2) is 35.4 Å². The van der Waals surface area contributed by atoms with E-state index in [-0.39, 0.29) is 11.9 Å². The molecule has 19 heavy (non-hydrogen) atoms. The van der Waals surface area contributed by atoms with Crippen molar-refractivity contribution in [3.63, 3.8) is 0 Å². The number of hydrogen-bond donors (Lipinski definition) is 1. The maximum absolute atomic E-state index is 13.3. The predicted molar refractivity (Wildman–Crippen MR) is 72.7 cm³/mol. The summed E-state index contributed by atoms with van der Waals surface area (Å²) in [5, 5.41) is 2.85. The van der Waals surface area contributed by atoms with Crippen molar-refractivity contribution in [2.75, 3.05) is 18.9 Å². The van der Waals surface area contributed by atoms with Crippen LogP contribution >= 0.6 is 0 Å². The lowest BCUT2D eigenvalue weighted by molar-refractivity contribution is 0.0608. The van der Waals surface area contributed by atoms with Crippen LogP contribution in [-0.2, 0) is 0 Å². The van der Waals surface area contributed by atoms with E-state index in [9.17, 15) is 9.18 Å². The number of nitrogens with one attached hydrogen (secondary N) is 1. The Morgan fingerprint density at radius 1 is 1.58 bits per heavy atom. The number of carbonyl (C=O) groups excluding carboxylic acids is 1. The molecule has 5 heteroatoms. The summed E-state index contributed by atoms with van der Waals surface area (Å²) in [4.78, 5) is 18.4. The van der Waals surface area contributed by atoms with E-state index in [1.165, 1.54) is 6.07 Å². The fraction of sp³-hybridized carbons (Fsp3) is 0.571. The van der Waals surface area contributed by atoms with Gasteiger partial charge in [-0.2, -0.15) is 0 Å². The number of aromatic nitrogens is 1. The first-order valence-corrected chi connectivity index (χ1v) is 6.81. The molecule has 0 saturated carbocycles. The maximum Gasteiger partial charge on any atom is 0.257 e. The van der Waals surface area contributed by atoms with Gasteiger partial charge in [0.25, 0.3) is 5.91 Å². The van der Waals surface area contributed by atoms with Crippen LogP contribution in [0.3, 0.4) is 0 Å². The van der Waals surface area contributed by atoms with Crippen LogP contribution in [0.2, 0.25) is 0 Å². The molecule has 2 heterocycles. The Balaban J connectivity index is 2.29. The third kappa shape index (κ3) is 2.85. The Kier molecular flexibility index (Phi) is 4.35. The van der Waals surface area contributed by atoms with E-state index in [2.05, 4.69) is 17.2 Å². The predicted octanol–water partition coefficient (Wildman–Crippen LogP) is 2.67. The van der Waals surface area contributed by atoms with Gasteiger partial charge < -0.3 is 10.2 Å². The van der Waals surface area contributed by atoms with Gasteiger partial charge in [0.2, 0.25) is 0 Å². The second-order valence-electron chi connectivity index (χ2n) is 4.86. The molecule has 2 rings (SSSR count). The number of rotatable bonds is 3. The molecule has 1 saturated heterocycles. The fourth-order valence-corrected chi connectivity index (χ4v) is 2.65. The summed E-state index contributed by atoms with van der Waals surface area (Å²) in [6, 6.07) is 1.52. The van der Waals surface area contributed by atoms with Crippen LogP contribution in [0.15, 0.2) is 12.3 Å². The van der Waals surface area contributed by atoms with Crippen molar-refractivity contribution in [3.05, 3.63) is 23.6 Å². The number of amides is 1. The minimum absolute atomic E-state index is 0.122. The average molecular weight is 265 g/mol. The minimum atomic E-state index is -0.479. The smallest absolute Gasteiger partial charge is 0.257 e. The molecule has 0 aromatic carbocycles. The zero-order valence-corrected chi connectivity index (χ0v) is 11.4. The van der Waals surface area contributed by atoms with E-state index in [1.807, 2.05) is 4.90 Å². The molecule has 1 atom stereocenters. The quantitative estimate of drug-likeness (QED) is 0.914. The van der Waals surface area contributed by atoms with Crippen LogP contribution < -0.4 is 5.32 Å². The van der Waals surface area contributed by atoms with E-state index in [4.69, 9.17) is 0 Å². The Hall–Kier alpha value is -1.65. The second kappa shape index (κ2) is 5.99. The lowest BCUT2D eigenvalue weighted by Gasteiger charge is -2.35. The Bertz CT molecular complexity index is 464. The van der Waals surface area contributed by atoms with Crippen LogP contribution in [0.4, 0.5) is 10.2 Å². The van der Waals surface area contributed by atoms with Crippen LogP contribution in [0.25, 0.3) is 0 Å². The molecule has 1 aromatic heterocycles. The zero-order valence-electron chi connectivity index (χ0n) is 11.4. The molecule has 1 aliphatic rings. The van der Waals surface area contributed by atoms with Gasteiger partial charge in [0.1, 0.15) is 11.6 Å². The summed E-state index contributed by atoms with van der Waals surface area (Å²) in [7, 11) is 1.69. The van der Waals surface area contributed by atoms with Gasteiger partial charge in [0, 0.05) is 19.6 Å². The van der Waals surface area contributed by atoms with E-state index < -0.39 is 5.82 Å². The van der Waals surface area contributed by atoms with E-state index >= 15 is 0 Å². The van der Waals surface area contributed by atoms with Gasteiger partial charge in [-0.15, -0.1) is 0 Å². The number of anilines is 1. The number of nitrogens with zero attached hydrogens (tertiary/aromatic N) is 2. The van der Waals surface area contributed by atoms with Crippen molar-refractivity contribution in [3.8, 4) is 0 Å². The number of pyridine rings is 1. The highest BCUT2D eigenvalue weighted by molar-refractivity contribution is 5.99. The van der Waals surface area contributed by atoms with Gasteiger partial charge in [-0.1, -0.05) is 6.92 Å². The Morgan fingerprint density at radius 2 is 2.37 bits per heavy atom. The third-order valence-electron chi connectivity index (χ3n) is 3.68. The van der Waals surface area contributed by atoms with Crippen molar-refractivity contribution < 1.29 is 9.18 Å². The molecular weight excluding hydrogens is 245 g/mol. The highest BCUT2D eigenvalue weighted by atomic mass is 19.1. The van der Waals surface area contributed by atoms with Crippen LogP contribution in [0.5, 0.6) is 0 Å². The standard InChI is InChI=1S/C14H20FN3O/c1-3-11-6-4-5-7-18(11)14(19)12-8-10(15)9-17-13(12)16-2/h8-9,11H,3-7H2,1-2H3,(H,16,17). The van der Waals surface area contributed by atoms with Crippen molar-refractivity contribution in [2.45, 2.75) is 38.6 Å². The summed E-state index contributed by atoms with van der Waals surface area (Å²) in [5.74, 6) is -0.165. The lowest BCUT2D eigenvalue weighted by atomic mass is 9.99.